The van der Waals surface area contributed by atoms with Crippen LogP contribution in [0, 0.1) is 5.92 Å². The van der Waals surface area contributed by atoms with Crippen LogP contribution in [-0.4, -0.2) is 25.5 Å². The van der Waals surface area contributed by atoms with Crippen molar-refractivity contribution in [2.75, 3.05) is 13.7 Å². The summed E-state index contributed by atoms with van der Waals surface area (Å²) in [6.07, 6.45) is 2.72. The average Bonchev–Trinajstić information content (AvgIpc) is 2.42. The molecule has 2 unspecified atom stereocenters. The lowest BCUT2D eigenvalue weighted by atomic mass is 9.86. The summed E-state index contributed by atoms with van der Waals surface area (Å²) in [4.78, 5) is 12.2. The molecule has 1 aliphatic heterocycles. The molecule has 2 rings (SSSR count). The third-order valence-electron chi connectivity index (χ3n) is 3.72. The van der Waals surface area contributed by atoms with Crippen molar-refractivity contribution in [3.05, 3.63) is 29.8 Å². The minimum atomic E-state index is -0.0166. The zero-order valence-corrected chi connectivity index (χ0v) is 11.1. The summed E-state index contributed by atoms with van der Waals surface area (Å²) >= 11 is 0. The highest BCUT2D eigenvalue weighted by Crippen LogP contribution is 2.19. The molecule has 1 aromatic rings. The second-order valence-corrected chi connectivity index (χ2v) is 4.86. The van der Waals surface area contributed by atoms with E-state index in [-0.39, 0.29) is 12.0 Å². The van der Waals surface area contributed by atoms with E-state index in [1.807, 2.05) is 24.3 Å². The van der Waals surface area contributed by atoms with Crippen molar-refractivity contribution in [1.82, 2.24) is 5.32 Å². The Morgan fingerprint density at radius 3 is 2.67 bits per heavy atom. The quantitative estimate of drug-likeness (QED) is 0.886. The van der Waals surface area contributed by atoms with Gasteiger partial charge in [0.15, 0.2) is 5.78 Å². The number of hydrogen-bond acceptors (Lipinski definition) is 3. The Morgan fingerprint density at radius 2 is 2.06 bits per heavy atom. The van der Waals surface area contributed by atoms with Crippen LogP contribution in [0.3, 0.4) is 0 Å². The predicted molar refractivity (Wildman–Crippen MR) is 71.9 cm³/mol. The van der Waals surface area contributed by atoms with E-state index < -0.39 is 0 Å². The number of rotatable bonds is 4. The summed E-state index contributed by atoms with van der Waals surface area (Å²) in [7, 11) is 1.66. The highest BCUT2D eigenvalue weighted by Gasteiger charge is 2.29. The second kappa shape index (κ2) is 6.01. The van der Waals surface area contributed by atoms with Crippen molar-refractivity contribution in [3.8, 4) is 5.75 Å². The Kier molecular flexibility index (Phi) is 4.37. The van der Waals surface area contributed by atoms with E-state index in [9.17, 15) is 4.79 Å². The number of ether oxygens (including phenoxy) is 1. The largest absolute Gasteiger partial charge is 0.497 e. The predicted octanol–water partition coefficient (Wildman–Crippen LogP) is 2.19. The van der Waals surface area contributed by atoms with Gasteiger partial charge in [-0.2, -0.15) is 0 Å². The molecule has 3 heteroatoms. The maximum absolute atomic E-state index is 12.2. The fourth-order valence-electron chi connectivity index (χ4n) is 2.53. The molecule has 0 aliphatic carbocycles. The summed E-state index contributed by atoms with van der Waals surface area (Å²) in [5.41, 5.74) is 1.18. The molecule has 18 heavy (non-hydrogen) atoms. The van der Waals surface area contributed by atoms with E-state index >= 15 is 0 Å². The van der Waals surface area contributed by atoms with Crippen molar-refractivity contribution in [1.29, 1.82) is 0 Å². The topological polar surface area (TPSA) is 38.3 Å². The monoisotopic (exact) mass is 247 g/mol. The highest BCUT2D eigenvalue weighted by atomic mass is 16.5. The van der Waals surface area contributed by atoms with Gasteiger partial charge in [-0.05, 0) is 43.5 Å². The first kappa shape index (κ1) is 13.1. The number of carbonyl (C=O) groups excluding carboxylic acids is 1. The van der Waals surface area contributed by atoms with Crippen LogP contribution < -0.4 is 10.1 Å². The Bertz CT molecular complexity index is 399. The zero-order chi connectivity index (χ0) is 13.0. The summed E-state index contributed by atoms with van der Waals surface area (Å²) in [5.74, 6) is 1.47. The molecule has 1 aliphatic rings. The smallest absolute Gasteiger partial charge is 0.153 e. The van der Waals surface area contributed by atoms with Crippen molar-refractivity contribution >= 4 is 5.78 Å². The molecule has 0 radical (unpaired) electrons. The molecule has 0 bridgehead atoms. The van der Waals surface area contributed by atoms with E-state index in [0.717, 1.165) is 31.6 Å². The molecule has 1 fully saturated rings. The Balaban J connectivity index is 2.01. The van der Waals surface area contributed by atoms with Gasteiger partial charge in [0, 0.05) is 5.92 Å². The summed E-state index contributed by atoms with van der Waals surface area (Å²) in [6.45, 7) is 3.05. The first-order chi connectivity index (χ1) is 8.74. The van der Waals surface area contributed by atoms with Crippen LogP contribution in [0.2, 0.25) is 0 Å². The van der Waals surface area contributed by atoms with Crippen LogP contribution in [0.1, 0.15) is 25.3 Å². The molecule has 1 heterocycles. The summed E-state index contributed by atoms with van der Waals surface area (Å²) in [6, 6.07) is 7.93. The van der Waals surface area contributed by atoms with Crippen LogP contribution in [-0.2, 0) is 11.2 Å². The van der Waals surface area contributed by atoms with Crippen molar-refractivity contribution < 1.29 is 9.53 Å². The number of carbonyl (C=O) groups is 1. The number of methoxy groups -OCH3 is 1. The van der Waals surface area contributed by atoms with Crippen LogP contribution in [0.25, 0.3) is 0 Å². The third-order valence-corrected chi connectivity index (χ3v) is 3.72. The minimum Gasteiger partial charge on any atom is -0.497 e. The number of nitrogens with one attached hydrogen (secondary N) is 1. The van der Waals surface area contributed by atoms with Gasteiger partial charge in [0.1, 0.15) is 5.75 Å². The van der Waals surface area contributed by atoms with E-state index in [2.05, 4.69) is 12.2 Å². The lowest BCUT2D eigenvalue weighted by Gasteiger charge is -2.28. The zero-order valence-electron chi connectivity index (χ0n) is 11.1. The summed E-state index contributed by atoms with van der Waals surface area (Å²) in [5, 5.41) is 3.33. The van der Waals surface area contributed by atoms with Gasteiger partial charge in [-0.25, -0.2) is 0 Å². The lowest BCUT2D eigenvalue weighted by molar-refractivity contribution is -0.126. The number of benzene rings is 1. The molecule has 0 saturated carbocycles. The maximum atomic E-state index is 12.2. The van der Waals surface area contributed by atoms with Gasteiger partial charge in [-0.3, -0.25) is 4.79 Å². The molecular formula is C15H21NO2. The Hall–Kier alpha value is -1.35. The fourth-order valence-corrected chi connectivity index (χ4v) is 2.53. The third kappa shape index (κ3) is 2.91. The van der Waals surface area contributed by atoms with E-state index in [0.29, 0.717) is 5.78 Å². The van der Waals surface area contributed by atoms with Crippen LogP contribution >= 0.6 is 0 Å². The van der Waals surface area contributed by atoms with Crippen molar-refractivity contribution in [2.45, 2.75) is 32.2 Å². The highest BCUT2D eigenvalue weighted by molar-refractivity contribution is 5.87. The SMILES string of the molecule is CCC1CCNC(Cc2ccc(OC)cc2)C1=O. The van der Waals surface area contributed by atoms with E-state index in [4.69, 9.17) is 4.74 Å². The first-order valence-corrected chi connectivity index (χ1v) is 6.64. The van der Waals surface area contributed by atoms with Crippen LogP contribution in [0.4, 0.5) is 0 Å². The number of ketones is 1. The second-order valence-electron chi connectivity index (χ2n) is 4.86. The molecule has 98 valence electrons. The molecular weight excluding hydrogens is 226 g/mol. The number of hydrogen-bond donors (Lipinski definition) is 1. The molecule has 3 nitrogen and oxygen atoms in total. The standard InChI is InChI=1S/C15H21NO2/c1-3-12-8-9-16-14(15(12)17)10-11-4-6-13(18-2)7-5-11/h4-7,12,14,16H,3,8-10H2,1-2H3. The van der Waals surface area contributed by atoms with E-state index in [1.165, 1.54) is 5.56 Å². The molecule has 1 N–H and O–H groups in total. The Morgan fingerprint density at radius 1 is 1.33 bits per heavy atom. The number of piperidine rings is 1. The van der Waals surface area contributed by atoms with Crippen LogP contribution in [0.15, 0.2) is 24.3 Å². The van der Waals surface area contributed by atoms with Gasteiger partial charge >= 0.3 is 0 Å². The van der Waals surface area contributed by atoms with Gasteiger partial charge in [0.05, 0.1) is 13.2 Å². The normalized spacial score (nSPS) is 24.0. The summed E-state index contributed by atoms with van der Waals surface area (Å²) < 4.78 is 5.13. The molecule has 1 aromatic carbocycles. The fraction of sp³-hybridized carbons (Fsp3) is 0.533. The molecule has 0 aromatic heterocycles. The maximum Gasteiger partial charge on any atom is 0.153 e. The molecule has 1 saturated heterocycles. The van der Waals surface area contributed by atoms with Crippen molar-refractivity contribution in [3.63, 3.8) is 0 Å². The van der Waals surface area contributed by atoms with Gasteiger partial charge in [0.25, 0.3) is 0 Å². The van der Waals surface area contributed by atoms with Gasteiger partial charge in [0.2, 0.25) is 0 Å². The first-order valence-electron chi connectivity index (χ1n) is 6.64. The van der Waals surface area contributed by atoms with Gasteiger partial charge in [-0.1, -0.05) is 19.1 Å². The van der Waals surface area contributed by atoms with Crippen LogP contribution in [0.5, 0.6) is 5.75 Å². The van der Waals surface area contributed by atoms with E-state index in [1.54, 1.807) is 7.11 Å². The molecule has 0 spiro atoms. The van der Waals surface area contributed by atoms with Gasteiger partial charge < -0.3 is 10.1 Å². The minimum absolute atomic E-state index is 0.0166. The average molecular weight is 247 g/mol. The molecule has 2 atom stereocenters. The van der Waals surface area contributed by atoms with Gasteiger partial charge in [-0.15, -0.1) is 0 Å². The molecule has 0 amide bonds. The lowest BCUT2D eigenvalue weighted by Crippen LogP contribution is -2.47. The number of Topliss-reactive ketones (excluding diaryl/α,β-unsaturated/α-hetero) is 1. The van der Waals surface area contributed by atoms with Crippen molar-refractivity contribution in [2.24, 2.45) is 5.92 Å². The Labute approximate surface area is 109 Å².